The van der Waals surface area contributed by atoms with Gasteiger partial charge in [0, 0.05) is 43.9 Å². The van der Waals surface area contributed by atoms with E-state index in [0.29, 0.717) is 38.9 Å². The second-order valence-corrected chi connectivity index (χ2v) is 7.39. The van der Waals surface area contributed by atoms with Crippen LogP contribution in [0, 0.1) is 5.41 Å². The molecule has 2 aliphatic rings. The van der Waals surface area contributed by atoms with Crippen molar-refractivity contribution >= 4 is 17.9 Å². The summed E-state index contributed by atoms with van der Waals surface area (Å²) in [7, 11) is 0. The van der Waals surface area contributed by atoms with Crippen LogP contribution in [0.25, 0.3) is 0 Å². The molecule has 7 heteroatoms. The molecule has 1 aromatic carbocycles. The van der Waals surface area contributed by atoms with Gasteiger partial charge in [-0.2, -0.15) is 0 Å². The zero-order chi connectivity index (χ0) is 18.6. The van der Waals surface area contributed by atoms with Crippen molar-refractivity contribution in [1.29, 1.82) is 0 Å². The largest absolute Gasteiger partial charge is 0.481 e. The summed E-state index contributed by atoms with van der Waals surface area (Å²) in [6.07, 6.45) is 2.29. The van der Waals surface area contributed by atoms with Gasteiger partial charge in [0.2, 0.25) is 5.91 Å². The van der Waals surface area contributed by atoms with Gasteiger partial charge >= 0.3 is 12.0 Å². The van der Waals surface area contributed by atoms with Gasteiger partial charge in [-0.25, -0.2) is 4.79 Å². The highest BCUT2D eigenvalue weighted by molar-refractivity contribution is 5.80. The maximum Gasteiger partial charge on any atom is 0.317 e. The van der Waals surface area contributed by atoms with Gasteiger partial charge in [-0.3, -0.25) is 9.59 Å². The SMILES string of the molecule is O=C(O)CCC(Cc1ccccc1)NC(=O)N1CCC2(CNC(=O)C2)C1. The lowest BCUT2D eigenvalue weighted by Gasteiger charge is -2.25. The molecule has 3 amide bonds. The number of hydrogen-bond acceptors (Lipinski definition) is 3. The summed E-state index contributed by atoms with van der Waals surface area (Å²) in [6.45, 7) is 1.81. The van der Waals surface area contributed by atoms with E-state index in [0.717, 1.165) is 12.0 Å². The summed E-state index contributed by atoms with van der Waals surface area (Å²) in [4.78, 5) is 36.9. The van der Waals surface area contributed by atoms with E-state index in [-0.39, 0.29) is 29.8 Å². The van der Waals surface area contributed by atoms with Crippen molar-refractivity contribution in [2.24, 2.45) is 5.41 Å². The molecular formula is C19H25N3O4. The number of nitrogens with zero attached hydrogens (tertiary/aromatic N) is 1. The lowest BCUT2D eigenvalue weighted by atomic mass is 9.86. The first kappa shape index (κ1) is 18.2. The second-order valence-electron chi connectivity index (χ2n) is 7.39. The third-order valence-electron chi connectivity index (χ3n) is 5.28. The van der Waals surface area contributed by atoms with Crippen LogP contribution in [0.4, 0.5) is 4.79 Å². The number of carboxylic acids is 1. The van der Waals surface area contributed by atoms with E-state index in [4.69, 9.17) is 5.11 Å². The molecule has 0 aliphatic carbocycles. The number of carbonyl (C=O) groups is 3. The summed E-state index contributed by atoms with van der Waals surface area (Å²) in [5.41, 5.74) is 0.927. The van der Waals surface area contributed by atoms with Crippen LogP contribution in [0.15, 0.2) is 30.3 Å². The fourth-order valence-corrected chi connectivity index (χ4v) is 3.84. The van der Waals surface area contributed by atoms with Crippen molar-refractivity contribution in [3.63, 3.8) is 0 Å². The van der Waals surface area contributed by atoms with Gasteiger partial charge in [-0.15, -0.1) is 0 Å². The van der Waals surface area contributed by atoms with Crippen molar-refractivity contribution in [3.8, 4) is 0 Å². The van der Waals surface area contributed by atoms with Gasteiger partial charge in [0.25, 0.3) is 0 Å². The highest BCUT2D eigenvalue weighted by Crippen LogP contribution is 2.36. The minimum absolute atomic E-state index is 0.0140. The highest BCUT2D eigenvalue weighted by Gasteiger charge is 2.45. The van der Waals surface area contributed by atoms with Gasteiger partial charge < -0.3 is 20.6 Å². The Kier molecular flexibility index (Phi) is 5.44. The van der Waals surface area contributed by atoms with Gasteiger partial charge in [0.15, 0.2) is 0 Å². The monoisotopic (exact) mass is 359 g/mol. The Morgan fingerprint density at radius 2 is 2.08 bits per heavy atom. The average molecular weight is 359 g/mol. The van der Waals surface area contributed by atoms with Gasteiger partial charge in [-0.1, -0.05) is 30.3 Å². The first-order chi connectivity index (χ1) is 12.5. The van der Waals surface area contributed by atoms with Crippen LogP contribution >= 0.6 is 0 Å². The first-order valence-corrected chi connectivity index (χ1v) is 9.04. The number of rotatable bonds is 6. The van der Waals surface area contributed by atoms with E-state index in [1.54, 1.807) is 4.90 Å². The predicted octanol–water partition coefficient (Wildman–Crippen LogP) is 1.38. The Balaban J connectivity index is 1.59. The molecule has 26 heavy (non-hydrogen) atoms. The Labute approximate surface area is 152 Å². The van der Waals surface area contributed by atoms with Crippen molar-refractivity contribution in [2.75, 3.05) is 19.6 Å². The van der Waals surface area contributed by atoms with Gasteiger partial charge in [0.1, 0.15) is 0 Å². The van der Waals surface area contributed by atoms with E-state index in [1.165, 1.54) is 0 Å². The van der Waals surface area contributed by atoms with Crippen molar-refractivity contribution in [3.05, 3.63) is 35.9 Å². The standard InChI is InChI=1S/C19H25N3O4/c23-16-11-19(12-20-16)8-9-22(13-19)18(26)21-15(6-7-17(24)25)10-14-4-2-1-3-5-14/h1-5,15H,6-13H2,(H,20,23)(H,21,26)(H,24,25). The molecule has 0 saturated carbocycles. The molecule has 140 valence electrons. The van der Waals surface area contributed by atoms with Crippen LogP contribution in [0.1, 0.15) is 31.2 Å². The molecule has 1 spiro atoms. The Morgan fingerprint density at radius 3 is 2.73 bits per heavy atom. The smallest absolute Gasteiger partial charge is 0.317 e. The molecule has 3 rings (SSSR count). The fourth-order valence-electron chi connectivity index (χ4n) is 3.84. The lowest BCUT2D eigenvalue weighted by molar-refractivity contribution is -0.137. The zero-order valence-corrected chi connectivity index (χ0v) is 14.7. The van der Waals surface area contributed by atoms with Crippen molar-refractivity contribution < 1.29 is 19.5 Å². The highest BCUT2D eigenvalue weighted by atomic mass is 16.4. The van der Waals surface area contributed by atoms with E-state index in [2.05, 4.69) is 10.6 Å². The average Bonchev–Trinajstić information content (AvgIpc) is 3.20. The normalized spacial score (nSPS) is 23.1. The third-order valence-corrected chi connectivity index (χ3v) is 5.28. The van der Waals surface area contributed by atoms with E-state index < -0.39 is 5.97 Å². The third kappa shape index (κ3) is 4.53. The molecule has 2 fully saturated rings. The summed E-state index contributed by atoms with van der Waals surface area (Å²) >= 11 is 0. The molecule has 0 aromatic heterocycles. The zero-order valence-electron chi connectivity index (χ0n) is 14.7. The number of hydrogen-bond donors (Lipinski definition) is 3. The number of carbonyl (C=O) groups excluding carboxylic acids is 2. The molecule has 0 bridgehead atoms. The molecule has 2 unspecified atom stereocenters. The van der Waals surface area contributed by atoms with Crippen LogP contribution < -0.4 is 10.6 Å². The van der Waals surface area contributed by atoms with Crippen LogP contribution in [0.2, 0.25) is 0 Å². The molecular weight excluding hydrogens is 334 g/mol. The molecule has 2 aliphatic heterocycles. The first-order valence-electron chi connectivity index (χ1n) is 9.04. The second kappa shape index (κ2) is 7.76. The van der Waals surface area contributed by atoms with Crippen LogP contribution in [-0.4, -0.2) is 53.6 Å². The van der Waals surface area contributed by atoms with Crippen LogP contribution in [0.3, 0.4) is 0 Å². The number of likely N-dealkylation sites (tertiary alicyclic amines) is 1. The molecule has 2 saturated heterocycles. The summed E-state index contributed by atoms with van der Waals surface area (Å²) in [5, 5.41) is 14.8. The number of carboxylic acid groups (broad SMARTS) is 1. The Hall–Kier alpha value is -2.57. The lowest BCUT2D eigenvalue weighted by Crippen LogP contribution is -2.45. The topological polar surface area (TPSA) is 98.7 Å². The predicted molar refractivity (Wildman–Crippen MR) is 95.6 cm³/mol. The van der Waals surface area contributed by atoms with Crippen molar-refractivity contribution in [1.82, 2.24) is 15.5 Å². The quantitative estimate of drug-likeness (QED) is 0.715. The summed E-state index contributed by atoms with van der Waals surface area (Å²) in [6, 6.07) is 9.32. The van der Waals surface area contributed by atoms with Crippen LogP contribution in [0.5, 0.6) is 0 Å². The van der Waals surface area contributed by atoms with Gasteiger partial charge in [0.05, 0.1) is 0 Å². The number of benzene rings is 1. The number of nitrogens with one attached hydrogen (secondary N) is 2. The summed E-state index contributed by atoms with van der Waals surface area (Å²) < 4.78 is 0. The van der Waals surface area contributed by atoms with E-state index in [1.807, 2.05) is 30.3 Å². The van der Waals surface area contributed by atoms with E-state index in [9.17, 15) is 14.4 Å². The summed E-state index contributed by atoms with van der Waals surface area (Å²) in [5.74, 6) is -0.816. The molecule has 2 heterocycles. The molecule has 0 radical (unpaired) electrons. The number of aliphatic carboxylic acids is 1. The number of urea groups is 1. The molecule has 1 aromatic rings. The Bertz CT molecular complexity index is 679. The fraction of sp³-hybridized carbons (Fsp3) is 0.526. The van der Waals surface area contributed by atoms with E-state index >= 15 is 0 Å². The maximum atomic E-state index is 12.7. The maximum absolute atomic E-state index is 12.7. The molecule has 3 N–H and O–H groups in total. The molecule has 7 nitrogen and oxygen atoms in total. The minimum atomic E-state index is -0.868. The number of amides is 3. The Morgan fingerprint density at radius 1 is 1.31 bits per heavy atom. The molecule has 2 atom stereocenters. The van der Waals surface area contributed by atoms with Gasteiger partial charge in [-0.05, 0) is 24.8 Å². The minimum Gasteiger partial charge on any atom is -0.481 e. The van der Waals surface area contributed by atoms with Crippen molar-refractivity contribution in [2.45, 2.75) is 38.1 Å². The van der Waals surface area contributed by atoms with Crippen LogP contribution in [-0.2, 0) is 16.0 Å².